The molecule has 0 saturated heterocycles. The lowest BCUT2D eigenvalue weighted by molar-refractivity contribution is -0.137. The Kier molecular flexibility index (Phi) is 8.82. The van der Waals surface area contributed by atoms with Gasteiger partial charge in [0.2, 0.25) is 0 Å². The van der Waals surface area contributed by atoms with E-state index in [1.165, 1.54) is 20.8 Å². The van der Waals surface area contributed by atoms with Crippen molar-refractivity contribution in [1.82, 2.24) is 5.32 Å². The van der Waals surface area contributed by atoms with Crippen molar-refractivity contribution in [2.75, 3.05) is 13.2 Å². The number of benzene rings is 2. The first kappa shape index (κ1) is 28.7. The van der Waals surface area contributed by atoms with Crippen LogP contribution in [0.15, 0.2) is 47.0 Å². The number of esters is 1. The fourth-order valence-electron chi connectivity index (χ4n) is 3.57. The first-order valence-corrected chi connectivity index (χ1v) is 11.9. The van der Waals surface area contributed by atoms with Crippen LogP contribution in [0.2, 0.25) is 0 Å². The number of hydrogen-bond donors (Lipinski definition) is 3. The van der Waals surface area contributed by atoms with Gasteiger partial charge in [-0.2, -0.15) is 0 Å². The molecule has 1 fully saturated rings. The van der Waals surface area contributed by atoms with Crippen molar-refractivity contribution in [2.24, 2.45) is 4.99 Å². The topological polar surface area (TPSA) is 117 Å². The number of carbonyl (C=O) groups is 2. The quantitative estimate of drug-likeness (QED) is 0.134. The summed E-state index contributed by atoms with van der Waals surface area (Å²) in [5.41, 5.74) is -4.24. The first-order valence-electron chi connectivity index (χ1n) is 11.9. The van der Waals surface area contributed by atoms with Crippen molar-refractivity contribution in [1.29, 1.82) is 0 Å². The van der Waals surface area contributed by atoms with E-state index in [4.69, 9.17) is 9.47 Å². The number of aliphatic imine (C=N–C) groups is 1. The normalized spacial score (nSPS) is 15.1. The van der Waals surface area contributed by atoms with Gasteiger partial charge in [-0.3, -0.25) is 4.99 Å². The van der Waals surface area contributed by atoms with Crippen molar-refractivity contribution in [3.05, 3.63) is 76.1 Å². The largest absolute Gasteiger partial charge is 0.506 e. The Morgan fingerprint density at radius 2 is 1.79 bits per heavy atom. The number of amides is 1. The molecule has 0 bridgehead atoms. The fourth-order valence-corrected chi connectivity index (χ4v) is 3.57. The fraction of sp³-hybridized carbons (Fsp3) is 0.370. The molecule has 3 N–H and O–H groups in total. The standard InChI is InChI=1S/C27H29F3N2O6/c1-4-37-24(35)18(13-31-26(2,3)15-33)23(34)17-12-19(28)20(22(30)21(17)29)27(10-11-27)32-25(36)38-14-16-8-6-5-7-9-16/h5-9,12-13,33-34H,4,10-11,14-15H2,1-3H3,(H,32,36)/b23-18+,31-13?. The number of hydrogen-bond acceptors (Lipinski definition) is 7. The first-order chi connectivity index (χ1) is 17.9. The number of alkyl carbamates (subject to hydrolysis) is 1. The molecular formula is C27H29F3N2O6. The monoisotopic (exact) mass is 534 g/mol. The average molecular weight is 535 g/mol. The van der Waals surface area contributed by atoms with E-state index in [0.29, 0.717) is 11.6 Å². The summed E-state index contributed by atoms with van der Waals surface area (Å²) < 4.78 is 55.6. The lowest BCUT2D eigenvalue weighted by Crippen LogP contribution is -2.37. The molecule has 3 rings (SSSR count). The zero-order valence-corrected chi connectivity index (χ0v) is 21.2. The summed E-state index contributed by atoms with van der Waals surface area (Å²) in [4.78, 5) is 28.7. The molecule has 1 aliphatic rings. The minimum Gasteiger partial charge on any atom is -0.506 e. The maximum atomic E-state index is 15.2. The van der Waals surface area contributed by atoms with E-state index < -0.39 is 69.7 Å². The second-order valence-electron chi connectivity index (χ2n) is 9.39. The second kappa shape index (κ2) is 11.7. The van der Waals surface area contributed by atoms with Crippen LogP contribution in [0.1, 0.15) is 50.3 Å². The smallest absolute Gasteiger partial charge is 0.408 e. The minimum atomic E-state index is -1.64. The third-order valence-electron chi connectivity index (χ3n) is 5.88. The van der Waals surface area contributed by atoms with Crippen LogP contribution in [0.25, 0.3) is 5.76 Å². The maximum absolute atomic E-state index is 15.2. The molecule has 1 saturated carbocycles. The van der Waals surface area contributed by atoms with Crippen LogP contribution in [-0.2, 0) is 26.4 Å². The molecule has 0 radical (unpaired) electrons. The van der Waals surface area contributed by atoms with Crippen molar-refractivity contribution in [2.45, 2.75) is 51.3 Å². The number of carbonyl (C=O) groups excluding carboxylic acids is 2. The number of nitrogens with zero attached hydrogens (tertiary/aromatic N) is 1. The van der Waals surface area contributed by atoms with Crippen LogP contribution in [0.4, 0.5) is 18.0 Å². The van der Waals surface area contributed by atoms with Crippen LogP contribution < -0.4 is 5.32 Å². The summed E-state index contributed by atoms with van der Waals surface area (Å²) in [7, 11) is 0. The highest BCUT2D eigenvalue weighted by molar-refractivity contribution is 6.15. The van der Waals surface area contributed by atoms with E-state index in [1.807, 2.05) is 0 Å². The van der Waals surface area contributed by atoms with Gasteiger partial charge < -0.3 is 25.0 Å². The number of nitrogens with one attached hydrogen (secondary N) is 1. The SMILES string of the molecule is CCOC(=O)/C(C=NC(C)(C)CO)=C(/O)c1cc(F)c(C2(NC(=O)OCc3ccccc3)CC2)c(F)c1F. The molecule has 1 amide bonds. The van der Waals surface area contributed by atoms with Gasteiger partial charge in [-0.1, -0.05) is 30.3 Å². The Hall–Kier alpha value is -3.86. The highest BCUT2D eigenvalue weighted by atomic mass is 19.2. The third kappa shape index (κ3) is 6.52. The van der Waals surface area contributed by atoms with Crippen molar-refractivity contribution in [3.63, 3.8) is 0 Å². The Morgan fingerprint density at radius 1 is 1.13 bits per heavy atom. The molecule has 0 aromatic heterocycles. The van der Waals surface area contributed by atoms with Crippen LogP contribution in [0.5, 0.6) is 0 Å². The molecule has 38 heavy (non-hydrogen) atoms. The summed E-state index contributed by atoms with van der Waals surface area (Å²) in [6.45, 7) is 3.92. The van der Waals surface area contributed by atoms with E-state index in [9.17, 15) is 19.8 Å². The van der Waals surface area contributed by atoms with Gasteiger partial charge in [-0.15, -0.1) is 0 Å². The molecule has 0 spiro atoms. The van der Waals surface area contributed by atoms with Gasteiger partial charge in [0, 0.05) is 6.21 Å². The van der Waals surface area contributed by atoms with Crippen LogP contribution in [0.3, 0.4) is 0 Å². The number of ether oxygens (including phenoxy) is 2. The molecule has 2 aromatic rings. The number of aliphatic hydroxyl groups is 2. The van der Waals surface area contributed by atoms with Crippen LogP contribution in [-0.4, -0.2) is 47.2 Å². The Labute approximate surface area is 217 Å². The summed E-state index contributed by atoms with van der Waals surface area (Å²) in [5, 5.41) is 22.5. The molecule has 0 heterocycles. The van der Waals surface area contributed by atoms with E-state index in [2.05, 4.69) is 10.3 Å². The van der Waals surface area contributed by atoms with E-state index >= 15 is 13.2 Å². The molecular weight excluding hydrogens is 505 g/mol. The van der Waals surface area contributed by atoms with Crippen molar-refractivity contribution < 1.29 is 42.4 Å². The van der Waals surface area contributed by atoms with Crippen molar-refractivity contribution >= 4 is 24.0 Å². The van der Waals surface area contributed by atoms with Gasteiger partial charge >= 0.3 is 12.1 Å². The minimum absolute atomic E-state index is 0.0784. The Balaban J connectivity index is 1.94. The number of halogens is 3. The summed E-state index contributed by atoms with van der Waals surface area (Å²) in [6, 6.07) is 9.29. The molecule has 1 aliphatic carbocycles. The Morgan fingerprint density at radius 3 is 2.37 bits per heavy atom. The summed E-state index contributed by atoms with van der Waals surface area (Å²) >= 11 is 0. The molecule has 2 aromatic carbocycles. The molecule has 0 unspecified atom stereocenters. The predicted octanol–water partition coefficient (Wildman–Crippen LogP) is 4.69. The highest BCUT2D eigenvalue weighted by Crippen LogP contribution is 2.48. The van der Waals surface area contributed by atoms with Crippen LogP contribution >= 0.6 is 0 Å². The van der Waals surface area contributed by atoms with Gasteiger partial charge in [0.1, 0.15) is 23.8 Å². The molecule has 0 aliphatic heterocycles. The molecule has 8 nitrogen and oxygen atoms in total. The van der Waals surface area contributed by atoms with Crippen molar-refractivity contribution in [3.8, 4) is 0 Å². The van der Waals surface area contributed by atoms with Gasteiger partial charge in [-0.25, -0.2) is 22.8 Å². The lowest BCUT2D eigenvalue weighted by atomic mass is 9.98. The zero-order valence-electron chi connectivity index (χ0n) is 21.2. The van der Waals surface area contributed by atoms with Gasteiger partial charge in [-0.05, 0) is 45.2 Å². The van der Waals surface area contributed by atoms with Gasteiger partial charge in [0.15, 0.2) is 11.6 Å². The van der Waals surface area contributed by atoms with E-state index in [0.717, 1.165) is 6.21 Å². The number of aliphatic hydroxyl groups excluding tert-OH is 2. The zero-order chi connectivity index (χ0) is 28.1. The predicted molar refractivity (Wildman–Crippen MR) is 133 cm³/mol. The van der Waals surface area contributed by atoms with Gasteiger partial charge in [0.05, 0.1) is 35.4 Å². The van der Waals surface area contributed by atoms with E-state index in [1.54, 1.807) is 30.3 Å². The molecule has 204 valence electrons. The molecule has 0 atom stereocenters. The maximum Gasteiger partial charge on any atom is 0.408 e. The molecule has 11 heteroatoms. The lowest BCUT2D eigenvalue weighted by Gasteiger charge is -2.21. The average Bonchev–Trinajstić information content (AvgIpc) is 3.65. The van der Waals surface area contributed by atoms with Crippen LogP contribution in [0, 0.1) is 17.5 Å². The van der Waals surface area contributed by atoms with E-state index in [-0.39, 0.29) is 26.1 Å². The Bertz CT molecular complexity index is 1260. The second-order valence-corrected chi connectivity index (χ2v) is 9.39. The number of rotatable bonds is 10. The van der Waals surface area contributed by atoms with Gasteiger partial charge in [0.25, 0.3) is 0 Å². The third-order valence-corrected chi connectivity index (χ3v) is 5.88. The highest BCUT2D eigenvalue weighted by Gasteiger charge is 2.51. The summed E-state index contributed by atoms with van der Waals surface area (Å²) in [6.07, 6.45) is 0.154. The summed E-state index contributed by atoms with van der Waals surface area (Å²) in [5.74, 6) is -6.75.